The van der Waals surface area contributed by atoms with Gasteiger partial charge in [-0.05, 0) is 63.5 Å². The number of carboxylic acids is 1. The Morgan fingerprint density at radius 2 is 1.86 bits per heavy atom. The fourth-order valence-electron chi connectivity index (χ4n) is 7.92. The number of hydrogen-bond acceptors (Lipinski definition) is 10. The number of amides is 4. The van der Waals surface area contributed by atoms with Crippen LogP contribution in [0.1, 0.15) is 90.0 Å². The maximum Gasteiger partial charge on any atom is 0.408 e. The van der Waals surface area contributed by atoms with Gasteiger partial charge in [0, 0.05) is 35.1 Å². The van der Waals surface area contributed by atoms with E-state index < -0.39 is 47.6 Å². The second-order valence-electron chi connectivity index (χ2n) is 15.7. The highest BCUT2D eigenvalue weighted by Crippen LogP contribution is 2.45. The molecule has 5 atom stereocenters. The first-order valence-electron chi connectivity index (χ1n) is 19.8. The van der Waals surface area contributed by atoms with Crippen LogP contribution in [0.15, 0.2) is 41.8 Å². The minimum atomic E-state index is -1.48. The first-order valence-corrected chi connectivity index (χ1v) is 20.7. The van der Waals surface area contributed by atoms with Gasteiger partial charge in [0.1, 0.15) is 41.3 Å². The van der Waals surface area contributed by atoms with Crippen LogP contribution in [0.4, 0.5) is 9.93 Å². The fraction of sp³-hybridized carbons (Fsp3) is 0.500. The van der Waals surface area contributed by atoms with Crippen molar-refractivity contribution < 1.29 is 38.6 Å². The van der Waals surface area contributed by atoms with Gasteiger partial charge in [-0.15, -0.1) is 17.8 Å². The van der Waals surface area contributed by atoms with Gasteiger partial charge in [-0.3, -0.25) is 14.4 Å². The first kappa shape index (κ1) is 39.7. The summed E-state index contributed by atoms with van der Waals surface area (Å²) in [6.45, 7) is 3.56. The molecule has 2 aromatic heterocycles. The number of nitrogens with zero attached hydrogens (tertiary/aromatic N) is 3. The Balaban J connectivity index is 1.21. The SMILES string of the molecule is C#Cc1cccc2c(O[C@@H]3C[C@H]4C(=O)N[C@]5(C(=O)O)C[C@@H]5/C=C\CCCCC[C@@H](NC(=O)OC5CCCC5)C(=O)N4C3)cc(-c3csc(NC(=O)C(C)C)n3)nc12. The van der Waals surface area contributed by atoms with Gasteiger partial charge < -0.3 is 35.4 Å². The van der Waals surface area contributed by atoms with Gasteiger partial charge in [-0.25, -0.2) is 19.6 Å². The minimum Gasteiger partial charge on any atom is -0.488 e. The summed E-state index contributed by atoms with van der Waals surface area (Å²) >= 11 is 1.25. The number of carboxylic acid groups (broad SMARTS) is 1. The Morgan fingerprint density at radius 1 is 1.07 bits per heavy atom. The zero-order valence-corrected chi connectivity index (χ0v) is 32.9. The number of pyridine rings is 1. The zero-order chi connectivity index (χ0) is 40.3. The van der Waals surface area contributed by atoms with Gasteiger partial charge in [0.25, 0.3) is 0 Å². The van der Waals surface area contributed by atoms with Crippen molar-refractivity contribution in [3.8, 4) is 29.5 Å². The number of hydrogen-bond donors (Lipinski definition) is 4. The van der Waals surface area contributed by atoms with Crippen LogP contribution in [-0.2, 0) is 23.9 Å². The summed E-state index contributed by atoms with van der Waals surface area (Å²) in [7, 11) is 0. The van der Waals surface area contributed by atoms with Crippen molar-refractivity contribution in [1.82, 2.24) is 25.5 Å². The Labute approximate surface area is 335 Å². The molecule has 2 aliphatic carbocycles. The third-order valence-electron chi connectivity index (χ3n) is 11.3. The first-order chi connectivity index (χ1) is 27.4. The van der Waals surface area contributed by atoms with E-state index in [4.69, 9.17) is 20.9 Å². The second kappa shape index (κ2) is 16.9. The summed E-state index contributed by atoms with van der Waals surface area (Å²) < 4.78 is 12.4. The molecular formula is C42H48N6O8S. The average Bonchev–Trinajstić information content (AvgIpc) is 3.62. The smallest absolute Gasteiger partial charge is 0.408 e. The van der Waals surface area contributed by atoms with Crippen LogP contribution in [0, 0.1) is 24.2 Å². The summed E-state index contributed by atoms with van der Waals surface area (Å²) in [4.78, 5) is 77.7. The third kappa shape index (κ3) is 8.76. The molecule has 0 radical (unpaired) electrons. The lowest BCUT2D eigenvalue weighted by Crippen LogP contribution is -2.56. The molecule has 4 aliphatic rings. The number of alkyl carbamates (subject to hydrolysis) is 1. The lowest BCUT2D eigenvalue weighted by atomic mass is 10.0. The molecule has 2 aliphatic heterocycles. The monoisotopic (exact) mass is 796 g/mol. The van der Waals surface area contributed by atoms with Crippen LogP contribution >= 0.6 is 11.3 Å². The van der Waals surface area contributed by atoms with Crippen molar-refractivity contribution in [2.24, 2.45) is 11.8 Å². The summed E-state index contributed by atoms with van der Waals surface area (Å²) in [6.07, 6.45) is 15.2. The number of terminal acetylenes is 1. The standard InChI is InChI=1S/C42H48N6O8S/c1-4-25-13-12-17-29-34(20-31(43-35(25)29)32-23-57-40(44-32)46-36(49)24(2)3)55-28-19-33-37(50)47-42(39(52)53)21-26(42)14-8-6-5-7-9-18-30(38(51)48(33)22-28)45-41(54)56-27-15-10-11-16-27/h1,8,12-14,17,20,23-24,26-28,30,33H,5-7,9-11,15-16,18-19,21-22H2,2-3H3,(H,45,54)(H,47,50)(H,52,53)(H,44,46,49)/b14-8-/t26-,28+,30+,33-,42+/m0/s1. The van der Waals surface area contributed by atoms with Crippen molar-refractivity contribution in [3.63, 3.8) is 0 Å². The number of rotatable bonds is 8. The van der Waals surface area contributed by atoms with E-state index in [9.17, 15) is 29.1 Å². The van der Waals surface area contributed by atoms with E-state index in [1.165, 1.54) is 16.2 Å². The maximum absolute atomic E-state index is 14.6. The number of aliphatic carboxylic acids is 1. The number of aromatic nitrogens is 2. The molecule has 3 fully saturated rings. The van der Waals surface area contributed by atoms with Crippen LogP contribution in [0.3, 0.4) is 0 Å². The lowest BCUT2D eigenvalue weighted by Gasteiger charge is -2.29. The van der Waals surface area contributed by atoms with E-state index >= 15 is 0 Å². The van der Waals surface area contributed by atoms with Crippen molar-refractivity contribution in [2.75, 3.05) is 11.9 Å². The Hall–Kier alpha value is -5.49. The lowest BCUT2D eigenvalue weighted by molar-refractivity contribution is -0.145. The number of anilines is 1. The number of ether oxygens (including phenoxy) is 2. The van der Waals surface area contributed by atoms with Gasteiger partial charge in [0.2, 0.25) is 17.7 Å². The van der Waals surface area contributed by atoms with Gasteiger partial charge >= 0.3 is 12.1 Å². The zero-order valence-electron chi connectivity index (χ0n) is 32.1. The number of benzene rings is 1. The molecule has 7 rings (SSSR count). The molecular weight excluding hydrogens is 749 g/mol. The molecule has 0 bridgehead atoms. The highest BCUT2D eigenvalue weighted by atomic mass is 32.1. The molecule has 0 unspecified atom stereocenters. The van der Waals surface area contributed by atoms with Crippen molar-refractivity contribution >= 4 is 57.2 Å². The van der Waals surface area contributed by atoms with Gasteiger partial charge in [-0.1, -0.05) is 50.8 Å². The molecule has 300 valence electrons. The molecule has 4 N–H and O–H groups in total. The second-order valence-corrected chi connectivity index (χ2v) is 16.5. The highest BCUT2D eigenvalue weighted by molar-refractivity contribution is 7.14. The predicted molar refractivity (Wildman–Crippen MR) is 213 cm³/mol. The molecule has 4 amide bonds. The minimum absolute atomic E-state index is 0.0216. The number of allylic oxidation sites excluding steroid dienone is 1. The van der Waals surface area contributed by atoms with Crippen LogP contribution in [0.5, 0.6) is 5.75 Å². The molecule has 15 heteroatoms. The summed E-state index contributed by atoms with van der Waals surface area (Å²) in [5.41, 5.74) is 0.437. The van der Waals surface area contributed by atoms with Crippen LogP contribution in [0.2, 0.25) is 0 Å². The summed E-state index contributed by atoms with van der Waals surface area (Å²) in [6, 6.07) is 5.01. The number of para-hydroxylation sites is 1. The molecule has 1 saturated heterocycles. The Morgan fingerprint density at radius 3 is 2.61 bits per heavy atom. The van der Waals surface area contributed by atoms with E-state index in [1.54, 1.807) is 37.4 Å². The van der Waals surface area contributed by atoms with Crippen molar-refractivity contribution in [2.45, 2.75) is 114 Å². The van der Waals surface area contributed by atoms with E-state index in [-0.39, 0.29) is 43.2 Å². The Kier molecular flexibility index (Phi) is 11.8. The fourth-order valence-corrected chi connectivity index (χ4v) is 8.63. The quantitative estimate of drug-likeness (QED) is 0.160. The van der Waals surface area contributed by atoms with Crippen LogP contribution < -0.4 is 20.7 Å². The Bertz CT molecular complexity index is 2120. The van der Waals surface area contributed by atoms with Crippen molar-refractivity contribution in [1.29, 1.82) is 0 Å². The number of carbonyl (C=O) groups is 5. The van der Waals surface area contributed by atoms with E-state index in [2.05, 4.69) is 26.9 Å². The van der Waals surface area contributed by atoms with Crippen LogP contribution in [-0.4, -0.2) is 86.1 Å². The topological polar surface area (TPSA) is 189 Å². The van der Waals surface area contributed by atoms with Gasteiger partial charge in [-0.2, -0.15) is 0 Å². The van der Waals surface area contributed by atoms with Gasteiger partial charge in [0.15, 0.2) is 5.13 Å². The third-order valence-corrected chi connectivity index (χ3v) is 12.0. The summed E-state index contributed by atoms with van der Waals surface area (Å²) in [5, 5.41) is 21.5. The van der Waals surface area contributed by atoms with Crippen molar-refractivity contribution in [3.05, 3.63) is 47.4 Å². The molecule has 4 heterocycles. The normalized spacial score (nSPS) is 26.0. The molecule has 57 heavy (non-hydrogen) atoms. The molecule has 0 spiro atoms. The van der Waals surface area contributed by atoms with Gasteiger partial charge in [0.05, 0.1) is 23.3 Å². The largest absolute Gasteiger partial charge is 0.488 e. The average molecular weight is 797 g/mol. The number of nitrogens with one attached hydrogen (secondary N) is 3. The predicted octanol–water partition coefficient (Wildman–Crippen LogP) is 5.80. The van der Waals surface area contributed by atoms with E-state index in [0.29, 0.717) is 51.6 Å². The molecule has 1 aromatic carbocycles. The molecule has 2 saturated carbocycles. The highest BCUT2D eigenvalue weighted by Gasteiger charge is 2.61. The number of carbonyl (C=O) groups excluding carboxylic acids is 4. The number of fused-ring (bicyclic) bond motifs is 3. The maximum atomic E-state index is 14.6. The molecule has 3 aromatic rings. The van der Waals surface area contributed by atoms with E-state index in [0.717, 1.165) is 44.9 Å². The summed E-state index contributed by atoms with van der Waals surface area (Å²) in [5.74, 6) is 0.0668. The van der Waals surface area contributed by atoms with Crippen LogP contribution in [0.25, 0.3) is 22.3 Å². The number of thiazole rings is 1. The molecule has 14 nitrogen and oxygen atoms in total. The van der Waals surface area contributed by atoms with E-state index in [1.807, 2.05) is 18.2 Å².